The van der Waals surface area contributed by atoms with Gasteiger partial charge in [0, 0.05) is 0 Å². The molecule has 1 amide bonds. The van der Waals surface area contributed by atoms with Gasteiger partial charge in [0.05, 0.1) is 0 Å². The largest absolute Gasteiger partial charge is 1.00 e. The molecule has 0 aliphatic heterocycles. The van der Waals surface area contributed by atoms with Crippen molar-refractivity contribution in [1.82, 2.24) is 3.38 Å². The summed E-state index contributed by atoms with van der Waals surface area (Å²) in [7, 11) is 0. The molecule has 0 radical (unpaired) electrons. The van der Waals surface area contributed by atoms with Gasteiger partial charge in [-0.25, -0.2) is 0 Å². The van der Waals surface area contributed by atoms with Crippen molar-refractivity contribution in [3.05, 3.63) is 87.0 Å². The number of rotatable bonds is 4. The zero-order valence-electron chi connectivity index (χ0n) is 18.4. The van der Waals surface area contributed by atoms with Gasteiger partial charge in [0.1, 0.15) is 0 Å². The average Bonchev–Trinajstić information content (AvgIpc) is 2.84. The molecule has 2 nitrogen and oxygen atoms in total. The van der Waals surface area contributed by atoms with Crippen molar-refractivity contribution < 1.29 is 50.3 Å². The summed E-state index contributed by atoms with van der Waals surface area (Å²) < 4.78 is 1.83. The molecule has 0 N–H and O–H groups in total. The van der Waals surface area contributed by atoms with Gasteiger partial charge in [0.15, 0.2) is 0 Å². The van der Waals surface area contributed by atoms with Gasteiger partial charge in [0.2, 0.25) is 0 Å². The zero-order chi connectivity index (χ0) is 20.6. The van der Waals surface area contributed by atoms with Crippen molar-refractivity contribution in [3.8, 4) is 0 Å². The molecular formula is C25H28Cl2NOTi. The predicted octanol–water partition coefficient (Wildman–Crippen LogP) is 0.175. The molecule has 1 aliphatic rings. The first-order valence-electron chi connectivity index (χ1n) is 9.79. The first-order chi connectivity index (χ1) is 13.2. The van der Waals surface area contributed by atoms with Crippen LogP contribution in [0.3, 0.4) is 0 Å². The molecule has 0 spiro atoms. The summed E-state index contributed by atoms with van der Waals surface area (Å²) >= 11 is 1.89. The number of aryl methyl sites for hydroxylation is 2. The number of benzene rings is 2. The normalized spacial score (nSPS) is 15.7. The number of hydrogen-bond donors (Lipinski definition) is 0. The molecule has 1 unspecified atom stereocenters. The minimum atomic E-state index is 0. The van der Waals surface area contributed by atoms with Crippen molar-refractivity contribution in [2.45, 2.75) is 48.1 Å². The summed E-state index contributed by atoms with van der Waals surface area (Å²) in [5.41, 5.74) is 11.1. The molecule has 1 atom stereocenters. The van der Waals surface area contributed by atoms with E-state index in [4.69, 9.17) is 0 Å². The fourth-order valence-electron chi connectivity index (χ4n) is 4.22. The van der Waals surface area contributed by atoms with Crippen LogP contribution in [-0.4, -0.2) is 9.29 Å². The first kappa shape index (κ1) is 26.7. The van der Waals surface area contributed by atoms with Crippen LogP contribution in [0.5, 0.6) is 0 Å². The van der Waals surface area contributed by atoms with Crippen LogP contribution in [-0.2, 0) is 27.2 Å². The van der Waals surface area contributed by atoms with Crippen LogP contribution in [0.25, 0.3) is 5.57 Å². The molecule has 0 fully saturated rings. The number of amides is 1. The predicted molar refractivity (Wildman–Crippen MR) is 112 cm³/mol. The maximum Gasteiger partial charge on any atom is -1.00 e. The van der Waals surface area contributed by atoms with Gasteiger partial charge in [-0.2, -0.15) is 0 Å². The molecule has 0 aromatic heterocycles. The number of carbonyl (C=O) groups excluding carboxylic acids is 1. The average molecular weight is 477 g/mol. The Bertz CT molecular complexity index is 990. The molecule has 3 rings (SSSR count). The topological polar surface area (TPSA) is 20.3 Å². The quantitative estimate of drug-likeness (QED) is 0.576. The van der Waals surface area contributed by atoms with Gasteiger partial charge >= 0.3 is 181 Å². The van der Waals surface area contributed by atoms with Crippen LogP contribution in [0.4, 0.5) is 0 Å². The molecule has 5 heteroatoms. The number of halogens is 2. The number of hydrogen-bond acceptors (Lipinski definition) is 1. The van der Waals surface area contributed by atoms with E-state index in [1.54, 1.807) is 0 Å². The molecule has 2 aromatic rings. The Kier molecular flexibility index (Phi) is 9.64. The standard InChI is InChI=1S/C25H29NO.2ClH.Ti/c1-15-11-16(2)13-22(12-15)25(27)26-14-21-9-7-8-10-23(21)24-19(5)17(3)18(4)20(24)6;;;/h7-13,19H,14H2,1-6H3,(H,26,27);2*1H;/q;;;+3/p-3. The maximum atomic E-state index is 13.0. The molecule has 0 saturated carbocycles. The summed E-state index contributed by atoms with van der Waals surface area (Å²) in [6.45, 7) is 13.6. The van der Waals surface area contributed by atoms with E-state index in [0.717, 1.165) is 16.7 Å². The summed E-state index contributed by atoms with van der Waals surface area (Å²) in [6, 6.07) is 14.6. The first-order valence-corrected chi connectivity index (χ1v) is 10.5. The molecule has 0 bridgehead atoms. The second-order valence-corrected chi connectivity index (χ2v) is 8.84. The van der Waals surface area contributed by atoms with E-state index in [1.807, 2.05) is 50.1 Å². The number of allylic oxidation sites excluding steroid dienone is 4. The van der Waals surface area contributed by atoms with E-state index in [9.17, 15) is 4.79 Å². The van der Waals surface area contributed by atoms with E-state index in [0.29, 0.717) is 12.5 Å². The van der Waals surface area contributed by atoms with Crippen LogP contribution < -0.4 is 24.8 Å². The van der Waals surface area contributed by atoms with Crippen LogP contribution >= 0.6 is 0 Å². The minimum Gasteiger partial charge on any atom is -1.00 e. The molecule has 1 aliphatic carbocycles. The number of carbonyl (C=O) groups is 1. The van der Waals surface area contributed by atoms with Crippen LogP contribution in [0.2, 0.25) is 0 Å². The third kappa shape index (κ3) is 5.29. The van der Waals surface area contributed by atoms with E-state index < -0.39 is 0 Å². The summed E-state index contributed by atoms with van der Waals surface area (Å²) in [5, 5.41) is 0. The molecule has 157 valence electrons. The fraction of sp³-hybridized carbons (Fsp3) is 0.320. The summed E-state index contributed by atoms with van der Waals surface area (Å²) in [6.07, 6.45) is 0. The van der Waals surface area contributed by atoms with E-state index in [2.05, 4.69) is 58.0 Å². The Hall–Kier alpha value is -1.32. The van der Waals surface area contributed by atoms with Gasteiger partial charge < -0.3 is 24.8 Å². The SMILES string of the molecule is CC1=C(C)C(C)C(c2ccccc2C[N]([Ti+2])C(=O)c2cc(C)cc(C)c2)=C1C.[Cl-].[Cl-]. The third-order valence-electron chi connectivity index (χ3n) is 5.99. The second-order valence-electron chi connectivity index (χ2n) is 7.99. The van der Waals surface area contributed by atoms with Crippen molar-refractivity contribution in [2.75, 3.05) is 0 Å². The van der Waals surface area contributed by atoms with Gasteiger partial charge in [-0.1, -0.05) is 0 Å². The van der Waals surface area contributed by atoms with Crippen molar-refractivity contribution in [1.29, 1.82) is 0 Å². The van der Waals surface area contributed by atoms with Crippen molar-refractivity contribution in [3.63, 3.8) is 0 Å². The van der Waals surface area contributed by atoms with E-state index in [1.165, 1.54) is 33.4 Å². The Labute approximate surface area is 205 Å². The summed E-state index contributed by atoms with van der Waals surface area (Å²) in [4.78, 5) is 13.0. The van der Waals surface area contributed by atoms with Crippen LogP contribution in [0, 0.1) is 19.8 Å². The Morgan fingerprint density at radius 3 is 2.03 bits per heavy atom. The molecular weight excluding hydrogens is 449 g/mol. The van der Waals surface area contributed by atoms with Gasteiger partial charge in [0.25, 0.3) is 0 Å². The van der Waals surface area contributed by atoms with Crippen molar-refractivity contribution in [2.24, 2.45) is 5.92 Å². The minimum absolute atomic E-state index is 0. The smallest absolute Gasteiger partial charge is 1.00 e. The van der Waals surface area contributed by atoms with Gasteiger partial charge in [-0.05, 0) is 0 Å². The fourth-order valence-corrected chi connectivity index (χ4v) is 4.68. The molecule has 0 saturated heterocycles. The third-order valence-corrected chi connectivity index (χ3v) is 6.55. The van der Waals surface area contributed by atoms with Crippen molar-refractivity contribution >= 4 is 11.5 Å². The van der Waals surface area contributed by atoms with Gasteiger partial charge in [-0.3, -0.25) is 0 Å². The second kappa shape index (κ2) is 10.8. The summed E-state index contributed by atoms with van der Waals surface area (Å²) in [5.74, 6) is 0.485. The Balaban J connectivity index is 0.00000225. The monoisotopic (exact) mass is 476 g/mol. The van der Waals surface area contributed by atoms with E-state index in [-0.39, 0.29) is 30.7 Å². The molecule has 2 aromatic carbocycles. The zero-order valence-corrected chi connectivity index (χ0v) is 21.5. The van der Waals surface area contributed by atoms with Crippen LogP contribution in [0.15, 0.2) is 59.2 Å². The molecule has 0 heterocycles. The number of nitrogens with zero attached hydrogens (tertiary/aromatic N) is 1. The Morgan fingerprint density at radius 2 is 1.50 bits per heavy atom. The molecule has 30 heavy (non-hydrogen) atoms. The maximum absolute atomic E-state index is 13.0. The van der Waals surface area contributed by atoms with E-state index >= 15 is 0 Å². The van der Waals surface area contributed by atoms with Crippen LogP contribution in [0.1, 0.15) is 60.3 Å². The Morgan fingerprint density at radius 1 is 0.933 bits per heavy atom. The van der Waals surface area contributed by atoms with Gasteiger partial charge in [-0.15, -0.1) is 0 Å².